The zero-order valence-electron chi connectivity index (χ0n) is 13.6. The molecule has 24 heavy (non-hydrogen) atoms. The molecule has 0 aliphatic rings. The lowest BCUT2D eigenvalue weighted by molar-refractivity contribution is -0.146. The predicted octanol–water partition coefficient (Wildman–Crippen LogP) is 0.560. The molecule has 1 aromatic carbocycles. The van der Waals surface area contributed by atoms with Crippen molar-refractivity contribution in [3.05, 3.63) is 29.8 Å². The highest BCUT2D eigenvalue weighted by Crippen LogP contribution is 2.12. The summed E-state index contributed by atoms with van der Waals surface area (Å²) < 4.78 is 30.8. The van der Waals surface area contributed by atoms with Crippen molar-refractivity contribution in [3.63, 3.8) is 0 Å². The minimum Gasteiger partial charge on any atom is -0.467 e. The van der Waals surface area contributed by atoms with Crippen LogP contribution >= 0.6 is 0 Å². The van der Waals surface area contributed by atoms with Crippen molar-refractivity contribution in [3.8, 4) is 6.07 Å². The van der Waals surface area contributed by atoms with Crippen LogP contribution in [-0.4, -0.2) is 39.5 Å². The monoisotopic (exact) mass is 353 g/mol. The normalized spacial score (nSPS) is 11.4. The largest absolute Gasteiger partial charge is 0.467 e. The number of carbonyl (C=O) groups excluding carboxylic acids is 2. The summed E-state index contributed by atoms with van der Waals surface area (Å²) >= 11 is 0. The lowest BCUT2D eigenvalue weighted by Crippen LogP contribution is -2.50. The van der Waals surface area contributed by atoms with Gasteiger partial charge in [-0.15, -0.1) is 0 Å². The number of sulfonamides is 1. The fourth-order valence-electron chi connectivity index (χ4n) is 1.77. The van der Waals surface area contributed by atoms with Crippen LogP contribution in [0.2, 0.25) is 0 Å². The standard InChI is InChI=1S/C15H19N3O5S/c1-15(2,14(20)23-3)18-13(19)11-5-7-12(8-6-11)24(21,22)17-10-4-9-16/h5-8,17H,4,10H2,1-3H3,(H,18,19). The first-order valence-corrected chi connectivity index (χ1v) is 8.50. The van der Waals surface area contributed by atoms with Crippen molar-refractivity contribution >= 4 is 21.9 Å². The van der Waals surface area contributed by atoms with Gasteiger partial charge in [-0.2, -0.15) is 5.26 Å². The van der Waals surface area contributed by atoms with Crippen molar-refractivity contribution in [2.24, 2.45) is 0 Å². The first-order chi connectivity index (χ1) is 11.1. The maximum Gasteiger partial charge on any atom is 0.330 e. The third-order valence-electron chi connectivity index (χ3n) is 3.08. The molecule has 0 saturated heterocycles. The van der Waals surface area contributed by atoms with Gasteiger partial charge in [-0.1, -0.05) is 0 Å². The Morgan fingerprint density at radius 2 is 1.83 bits per heavy atom. The van der Waals surface area contributed by atoms with E-state index in [1.54, 1.807) is 0 Å². The SMILES string of the molecule is COC(=O)C(C)(C)NC(=O)c1ccc(S(=O)(=O)NCCC#N)cc1. The Balaban J connectivity index is 2.86. The Kier molecular flexibility index (Phi) is 6.45. The highest BCUT2D eigenvalue weighted by atomic mass is 32.2. The predicted molar refractivity (Wildman–Crippen MR) is 85.4 cm³/mol. The zero-order valence-corrected chi connectivity index (χ0v) is 14.4. The van der Waals surface area contributed by atoms with Crippen LogP contribution in [0.3, 0.4) is 0 Å². The van der Waals surface area contributed by atoms with E-state index in [9.17, 15) is 18.0 Å². The summed E-state index contributed by atoms with van der Waals surface area (Å²) in [6, 6.07) is 7.05. The van der Waals surface area contributed by atoms with Crippen molar-refractivity contribution in [1.29, 1.82) is 5.26 Å². The number of rotatable bonds is 7. The number of nitrogens with one attached hydrogen (secondary N) is 2. The molecule has 1 rings (SSSR count). The van der Waals surface area contributed by atoms with Crippen molar-refractivity contribution in [2.45, 2.75) is 30.7 Å². The van der Waals surface area contributed by atoms with Gasteiger partial charge in [0.1, 0.15) is 5.54 Å². The van der Waals surface area contributed by atoms with E-state index in [1.807, 2.05) is 6.07 Å². The minimum atomic E-state index is -3.73. The van der Waals surface area contributed by atoms with E-state index in [0.717, 1.165) is 0 Å². The molecule has 0 bridgehead atoms. The maximum absolute atomic E-state index is 12.1. The van der Waals surface area contributed by atoms with Gasteiger partial charge >= 0.3 is 5.97 Å². The average Bonchev–Trinajstić information content (AvgIpc) is 2.53. The number of methoxy groups -OCH3 is 1. The van der Waals surface area contributed by atoms with Crippen LogP contribution < -0.4 is 10.0 Å². The number of hydrogen-bond acceptors (Lipinski definition) is 6. The van der Waals surface area contributed by atoms with Crippen molar-refractivity contribution in [1.82, 2.24) is 10.0 Å². The van der Waals surface area contributed by atoms with Crippen LogP contribution in [-0.2, 0) is 19.6 Å². The van der Waals surface area contributed by atoms with Gasteiger partial charge in [-0.3, -0.25) is 4.79 Å². The Morgan fingerprint density at radius 3 is 2.33 bits per heavy atom. The summed E-state index contributed by atoms with van der Waals surface area (Å²) in [7, 11) is -2.52. The summed E-state index contributed by atoms with van der Waals surface area (Å²) in [5.41, 5.74) is -1.02. The smallest absolute Gasteiger partial charge is 0.330 e. The van der Waals surface area contributed by atoms with Crippen LogP contribution in [0.15, 0.2) is 29.2 Å². The van der Waals surface area contributed by atoms with Gasteiger partial charge in [0.2, 0.25) is 10.0 Å². The Morgan fingerprint density at radius 1 is 1.25 bits per heavy atom. The highest BCUT2D eigenvalue weighted by molar-refractivity contribution is 7.89. The average molecular weight is 353 g/mol. The number of carbonyl (C=O) groups is 2. The second kappa shape index (κ2) is 7.90. The molecule has 0 spiro atoms. The molecule has 0 heterocycles. The number of nitrogens with zero attached hydrogens (tertiary/aromatic N) is 1. The molecule has 0 atom stereocenters. The van der Waals surface area contributed by atoms with Gasteiger partial charge < -0.3 is 10.1 Å². The fraction of sp³-hybridized carbons (Fsp3) is 0.400. The first-order valence-electron chi connectivity index (χ1n) is 7.01. The minimum absolute atomic E-state index is 0.00832. The molecular formula is C15H19N3O5S. The van der Waals surface area contributed by atoms with Gasteiger partial charge in [0, 0.05) is 18.5 Å². The second-order valence-electron chi connectivity index (χ2n) is 5.40. The molecule has 9 heteroatoms. The Labute approximate surface area is 140 Å². The third kappa shape index (κ3) is 5.04. The lowest BCUT2D eigenvalue weighted by Gasteiger charge is -2.23. The summed E-state index contributed by atoms with van der Waals surface area (Å²) in [4.78, 5) is 23.7. The van der Waals surface area contributed by atoms with Gasteiger partial charge in [-0.05, 0) is 38.1 Å². The van der Waals surface area contributed by atoms with E-state index in [0.29, 0.717) is 0 Å². The van der Waals surface area contributed by atoms with Crippen molar-refractivity contribution in [2.75, 3.05) is 13.7 Å². The molecule has 0 saturated carbocycles. The van der Waals surface area contributed by atoms with Crippen molar-refractivity contribution < 1.29 is 22.7 Å². The first kappa shape index (κ1) is 19.6. The summed E-state index contributed by atoms with van der Waals surface area (Å²) in [6.07, 6.45) is 0.0579. The number of benzene rings is 1. The molecule has 1 aromatic rings. The van der Waals surface area contributed by atoms with E-state index in [1.165, 1.54) is 45.2 Å². The van der Waals surface area contributed by atoms with E-state index >= 15 is 0 Å². The van der Waals surface area contributed by atoms with E-state index in [4.69, 9.17) is 5.26 Å². The number of ether oxygens (including phenoxy) is 1. The van der Waals surface area contributed by atoms with E-state index < -0.39 is 27.4 Å². The van der Waals surface area contributed by atoms with Crippen LogP contribution in [0.4, 0.5) is 0 Å². The molecule has 0 radical (unpaired) electrons. The van der Waals surface area contributed by atoms with Crippen LogP contribution in [0.25, 0.3) is 0 Å². The second-order valence-corrected chi connectivity index (χ2v) is 7.17. The Hall–Kier alpha value is -2.44. The lowest BCUT2D eigenvalue weighted by atomic mass is 10.1. The molecular weight excluding hydrogens is 334 g/mol. The van der Waals surface area contributed by atoms with Gasteiger partial charge in [0.25, 0.3) is 5.91 Å². The molecule has 0 unspecified atom stereocenters. The molecule has 130 valence electrons. The van der Waals surface area contributed by atoms with E-state index in [-0.39, 0.29) is 23.4 Å². The third-order valence-corrected chi connectivity index (χ3v) is 4.55. The molecule has 0 aromatic heterocycles. The zero-order chi connectivity index (χ0) is 18.4. The number of esters is 1. The highest BCUT2D eigenvalue weighted by Gasteiger charge is 2.30. The number of nitriles is 1. The molecule has 0 aliphatic heterocycles. The molecule has 0 fully saturated rings. The Bertz CT molecular complexity index is 748. The molecule has 8 nitrogen and oxygen atoms in total. The van der Waals surface area contributed by atoms with Gasteiger partial charge in [0.15, 0.2) is 0 Å². The summed E-state index contributed by atoms with van der Waals surface area (Å²) in [6.45, 7) is 3.00. The molecule has 2 N–H and O–H groups in total. The fourth-order valence-corrected chi connectivity index (χ4v) is 2.80. The number of amides is 1. The molecule has 1 amide bonds. The summed E-state index contributed by atoms with van der Waals surface area (Å²) in [5, 5.41) is 10.9. The van der Waals surface area contributed by atoms with Gasteiger partial charge in [-0.25, -0.2) is 17.9 Å². The van der Waals surface area contributed by atoms with Crippen LogP contribution in [0.1, 0.15) is 30.6 Å². The van der Waals surface area contributed by atoms with Gasteiger partial charge in [0.05, 0.1) is 18.1 Å². The number of hydrogen-bond donors (Lipinski definition) is 2. The topological polar surface area (TPSA) is 125 Å². The van der Waals surface area contributed by atoms with Crippen LogP contribution in [0, 0.1) is 11.3 Å². The maximum atomic E-state index is 12.1. The molecule has 0 aliphatic carbocycles. The quantitative estimate of drug-likeness (QED) is 0.545. The van der Waals surface area contributed by atoms with Crippen LogP contribution in [0.5, 0.6) is 0 Å². The summed E-state index contributed by atoms with van der Waals surface area (Å²) in [5.74, 6) is -1.14. The van der Waals surface area contributed by atoms with E-state index in [2.05, 4.69) is 14.8 Å².